The smallest absolute Gasteiger partial charge is 0.382 e. The number of nitrogens with one attached hydrogen (secondary N) is 1. The molecule has 1 aliphatic rings. The average Bonchev–Trinajstić information content (AvgIpc) is 2.94. The number of hydrogen-bond donors (Lipinski definition) is 1. The number of hydrogen-bond acceptors (Lipinski definition) is 3. The number of nitrogens with zero attached hydrogens (tertiary/aromatic N) is 1. The van der Waals surface area contributed by atoms with Gasteiger partial charge < -0.3 is 4.74 Å². The Labute approximate surface area is 86.2 Å². The first-order chi connectivity index (χ1) is 6.93. The predicted octanol–water partition coefficient (Wildman–Crippen LogP) is 1.46. The van der Waals surface area contributed by atoms with E-state index in [2.05, 4.69) is 5.32 Å². The minimum atomic E-state index is -4.30. The van der Waals surface area contributed by atoms with Crippen molar-refractivity contribution < 1.29 is 17.9 Å². The van der Waals surface area contributed by atoms with Crippen molar-refractivity contribution in [2.24, 2.45) is 5.92 Å². The Morgan fingerprint density at radius 1 is 1.47 bits per heavy atom. The zero-order valence-corrected chi connectivity index (χ0v) is 8.40. The highest BCUT2D eigenvalue weighted by Gasteiger charge is 2.47. The minimum absolute atomic E-state index is 0.00968. The highest BCUT2D eigenvalue weighted by molar-refractivity contribution is 5.15. The van der Waals surface area contributed by atoms with Crippen LogP contribution in [0.1, 0.15) is 12.8 Å². The van der Waals surface area contributed by atoms with E-state index in [0.717, 1.165) is 12.8 Å². The fourth-order valence-electron chi connectivity index (χ4n) is 1.54. The van der Waals surface area contributed by atoms with Crippen molar-refractivity contribution in [2.75, 3.05) is 20.3 Å². The molecule has 0 heterocycles. The first-order valence-electron chi connectivity index (χ1n) is 4.65. The molecule has 1 fully saturated rings. The molecule has 1 aliphatic carbocycles. The molecule has 0 radical (unpaired) electrons. The van der Waals surface area contributed by atoms with Gasteiger partial charge in [0.15, 0.2) is 0 Å². The number of methoxy groups -OCH3 is 1. The first-order valence-corrected chi connectivity index (χ1v) is 4.65. The van der Waals surface area contributed by atoms with Gasteiger partial charge >= 0.3 is 6.18 Å². The van der Waals surface area contributed by atoms with Gasteiger partial charge in [-0.05, 0) is 18.8 Å². The highest BCUT2D eigenvalue weighted by Crippen LogP contribution is 2.39. The summed E-state index contributed by atoms with van der Waals surface area (Å²) in [5.41, 5.74) is -1.18. The fraction of sp³-hybridized carbons (Fsp3) is 0.889. The van der Waals surface area contributed by atoms with Crippen LogP contribution in [-0.2, 0) is 4.74 Å². The van der Waals surface area contributed by atoms with Crippen molar-refractivity contribution in [2.45, 2.75) is 24.6 Å². The Morgan fingerprint density at radius 2 is 2.07 bits per heavy atom. The van der Waals surface area contributed by atoms with Gasteiger partial charge in [0.2, 0.25) is 0 Å². The van der Waals surface area contributed by atoms with E-state index in [4.69, 9.17) is 10.00 Å². The average molecular weight is 222 g/mol. The summed E-state index contributed by atoms with van der Waals surface area (Å²) >= 11 is 0. The van der Waals surface area contributed by atoms with Crippen LogP contribution < -0.4 is 5.32 Å². The van der Waals surface area contributed by atoms with Crippen LogP contribution in [0.2, 0.25) is 0 Å². The molecular formula is C9H13F3N2O. The summed E-state index contributed by atoms with van der Waals surface area (Å²) < 4.78 is 40.9. The van der Waals surface area contributed by atoms with Crippen LogP contribution in [0.5, 0.6) is 0 Å². The Hall–Kier alpha value is -0.800. The van der Waals surface area contributed by atoms with Gasteiger partial charge in [0, 0.05) is 7.11 Å². The maximum Gasteiger partial charge on any atom is 0.401 e. The topological polar surface area (TPSA) is 45.0 Å². The van der Waals surface area contributed by atoms with Gasteiger partial charge in [-0.25, -0.2) is 0 Å². The number of halogens is 3. The number of nitriles is 1. The summed E-state index contributed by atoms with van der Waals surface area (Å²) in [5, 5.41) is 11.2. The lowest BCUT2D eigenvalue weighted by atomic mass is 9.96. The largest absolute Gasteiger partial charge is 0.401 e. The number of rotatable bonds is 5. The van der Waals surface area contributed by atoms with Crippen LogP contribution in [0.3, 0.4) is 0 Å². The van der Waals surface area contributed by atoms with Gasteiger partial charge in [0.1, 0.15) is 5.54 Å². The second-order valence-electron chi connectivity index (χ2n) is 3.76. The Morgan fingerprint density at radius 3 is 2.40 bits per heavy atom. The second-order valence-corrected chi connectivity index (χ2v) is 3.76. The molecule has 0 aliphatic heterocycles. The van der Waals surface area contributed by atoms with E-state index in [9.17, 15) is 13.2 Å². The van der Waals surface area contributed by atoms with Crippen molar-refractivity contribution in [3.8, 4) is 6.07 Å². The molecule has 6 heteroatoms. The molecule has 0 bridgehead atoms. The summed E-state index contributed by atoms with van der Waals surface area (Å²) in [6, 6.07) is 1.91. The Bertz CT molecular complexity index is 257. The van der Waals surface area contributed by atoms with Crippen LogP contribution in [0.15, 0.2) is 0 Å². The van der Waals surface area contributed by atoms with Crippen molar-refractivity contribution in [1.29, 1.82) is 5.26 Å². The van der Waals surface area contributed by atoms with Gasteiger partial charge in [0.05, 0.1) is 19.2 Å². The number of alkyl halides is 3. The molecule has 0 aromatic rings. The first kappa shape index (κ1) is 12.3. The van der Waals surface area contributed by atoms with E-state index in [0.29, 0.717) is 0 Å². The molecule has 0 spiro atoms. The van der Waals surface area contributed by atoms with E-state index in [-0.39, 0.29) is 12.5 Å². The third-order valence-corrected chi connectivity index (χ3v) is 2.45. The van der Waals surface area contributed by atoms with Gasteiger partial charge in [-0.2, -0.15) is 18.4 Å². The third kappa shape index (κ3) is 3.36. The van der Waals surface area contributed by atoms with Crippen molar-refractivity contribution in [1.82, 2.24) is 5.32 Å². The summed E-state index contributed by atoms with van der Waals surface area (Å²) in [5.74, 6) is -0.0233. The number of ether oxygens (including phenoxy) is 1. The van der Waals surface area contributed by atoms with E-state index in [1.54, 1.807) is 0 Å². The lowest BCUT2D eigenvalue weighted by Gasteiger charge is -2.27. The SMILES string of the molecule is COCC(C#N)(NCC(F)(F)F)C1CC1. The lowest BCUT2D eigenvalue weighted by Crippen LogP contribution is -2.52. The maximum atomic E-state index is 12.0. The molecule has 0 aromatic carbocycles. The van der Waals surface area contributed by atoms with Gasteiger partial charge in [0.25, 0.3) is 0 Å². The molecule has 15 heavy (non-hydrogen) atoms. The van der Waals surface area contributed by atoms with Gasteiger partial charge in [-0.15, -0.1) is 0 Å². The molecule has 86 valence electrons. The van der Waals surface area contributed by atoms with E-state index < -0.39 is 18.3 Å². The summed E-state index contributed by atoms with van der Waals surface area (Å²) in [4.78, 5) is 0. The van der Waals surface area contributed by atoms with Crippen LogP contribution in [0.4, 0.5) is 13.2 Å². The van der Waals surface area contributed by atoms with Crippen LogP contribution in [0.25, 0.3) is 0 Å². The Kier molecular flexibility index (Phi) is 3.58. The monoisotopic (exact) mass is 222 g/mol. The zero-order chi connectivity index (χ0) is 11.5. The van der Waals surface area contributed by atoms with Gasteiger partial charge in [-0.1, -0.05) is 0 Å². The molecule has 0 amide bonds. The van der Waals surface area contributed by atoms with E-state index in [1.807, 2.05) is 6.07 Å². The quantitative estimate of drug-likeness (QED) is 0.765. The third-order valence-electron chi connectivity index (χ3n) is 2.45. The molecule has 1 N–H and O–H groups in total. The molecule has 1 rings (SSSR count). The normalized spacial score (nSPS) is 20.7. The predicted molar refractivity (Wildman–Crippen MR) is 47.0 cm³/mol. The van der Waals surface area contributed by atoms with Crippen molar-refractivity contribution in [3.05, 3.63) is 0 Å². The van der Waals surface area contributed by atoms with Crippen LogP contribution in [0, 0.1) is 17.2 Å². The maximum absolute atomic E-state index is 12.0. The molecule has 0 aromatic heterocycles. The molecule has 3 nitrogen and oxygen atoms in total. The molecule has 1 unspecified atom stereocenters. The summed E-state index contributed by atoms with van der Waals surface area (Å²) in [6.45, 7) is -1.16. The van der Waals surface area contributed by atoms with Gasteiger partial charge in [-0.3, -0.25) is 5.32 Å². The molecular weight excluding hydrogens is 209 g/mol. The Balaban J connectivity index is 2.60. The zero-order valence-electron chi connectivity index (χ0n) is 8.40. The highest BCUT2D eigenvalue weighted by atomic mass is 19.4. The van der Waals surface area contributed by atoms with Crippen molar-refractivity contribution in [3.63, 3.8) is 0 Å². The minimum Gasteiger partial charge on any atom is -0.382 e. The van der Waals surface area contributed by atoms with Crippen LogP contribution in [-0.4, -0.2) is 32.0 Å². The standard InChI is InChI=1S/C9H13F3N2O/c1-15-6-8(4-13,7-2-3-7)14-5-9(10,11)12/h7,14H,2-3,5-6H2,1H3. The second kappa shape index (κ2) is 4.37. The summed E-state index contributed by atoms with van der Waals surface area (Å²) in [6.07, 6.45) is -2.74. The van der Waals surface area contributed by atoms with E-state index >= 15 is 0 Å². The molecule has 0 saturated heterocycles. The lowest BCUT2D eigenvalue weighted by molar-refractivity contribution is -0.129. The summed E-state index contributed by atoms with van der Waals surface area (Å²) in [7, 11) is 1.38. The van der Waals surface area contributed by atoms with Crippen molar-refractivity contribution >= 4 is 0 Å². The fourth-order valence-corrected chi connectivity index (χ4v) is 1.54. The van der Waals surface area contributed by atoms with E-state index in [1.165, 1.54) is 7.11 Å². The molecule has 1 saturated carbocycles. The van der Waals surface area contributed by atoms with Crippen LogP contribution >= 0.6 is 0 Å². The molecule has 1 atom stereocenters.